The molecule has 0 bridgehead atoms. The number of aryl methyl sites for hydroxylation is 1. The van der Waals surface area contributed by atoms with Crippen molar-refractivity contribution in [2.45, 2.75) is 6.23 Å². The first kappa shape index (κ1) is 20.9. The summed E-state index contributed by atoms with van der Waals surface area (Å²) in [6, 6.07) is 19.1. The molecule has 5 aromatic rings. The summed E-state index contributed by atoms with van der Waals surface area (Å²) in [4.78, 5) is 13.8. The van der Waals surface area contributed by atoms with E-state index in [9.17, 15) is 5.11 Å². The van der Waals surface area contributed by atoms with Crippen LogP contribution in [0, 0.1) is 0 Å². The number of halogens is 1. The highest BCUT2D eigenvalue weighted by molar-refractivity contribution is 6.35. The van der Waals surface area contributed by atoms with Crippen molar-refractivity contribution in [2.75, 3.05) is 11.1 Å². The molecule has 0 spiro atoms. The van der Waals surface area contributed by atoms with Crippen LogP contribution < -0.4 is 11.1 Å². The molecular weight excluding hydrogens is 436 g/mol. The van der Waals surface area contributed by atoms with Gasteiger partial charge in [-0.1, -0.05) is 48.0 Å². The fourth-order valence-corrected chi connectivity index (χ4v) is 4.01. The lowest BCUT2D eigenvalue weighted by Crippen LogP contribution is -2.14. The number of benzene rings is 2. The highest BCUT2D eigenvalue weighted by Gasteiger charge is 2.19. The van der Waals surface area contributed by atoms with Gasteiger partial charge in [0.1, 0.15) is 0 Å². The van der Waals surface area contributed by atoms with E-state index in [0.29, 0.717) is 27.5 Å². The standard InChI is InChI=1S/C25H21ClN6O/c1-32-11-9-17(14-32)25(33)31-24-23(27)29-21(15-6-3-2-4-7-15)22(30-24)18-12-16-8-5-10-28-20(16)19(26)13-18/h2-14,25,33H,1H3,(H2,27,29)(H,30,31). The molecule has 164 valence electrons. The molecule has 3 aromatic heterocycles. The number of aliphatic hydroxyl groups excluding tert-OH is 1. The molecule has 0 radical (unpaired) electrons. The Morgan fingerprint density at radius 1 is 1.00 bits per heavy atom. The van der Waals surface area contributed by atoms with E-state index >= 15 is 0 Å². The third-order valence-electron chi connectivity index (χ3n) is 5.35. The van der Waals surface area contributed by atoms with Crippen molar-refractivity contribution in [1.29, 1.82) is 0 Å². The summed E-state index contributed by atoms with van der Waals surface area (Å²) in [6.07, 6.45) is 4.38. The topological polar surface area (TPSA) is 102 Å². The predicted octanol–water partition coefficient (Wildman–Crippen LogP) is 5.04. The van der Waals surface area contributed by atoms with Crippen LogP contribution in [0.2, 0.25) is 5.02 Å². The lowest BCUT2D eigenvalue weighted by Gasteiger charge is -2.17. The second-order valence-electron chi connectivity index (χ2n) is 7.71. The van der Waals surface area contributed by atoms with Crippen LogP contribution in [0.4, 0.5) is 11.6 Å². The van der Waals surface area contributed by atoms with E-state index in [0.717, 1.165) is 16.5 Å². The van der Waals surface area contributed by atoms with Gasteiger partial charge in [0.25, 0.3) is 0 Å². The van der Waals surface area contributed by atoms with E-state index in [4.69, 9.17) is 22.3 Å². The zero-order valence-electron chi connectivity index (χ0n) is 17.8. The fraction of sp³-hybridized carbons (Fsp3) is 0.0800. The van der Waals surface area contributed by atoms with Crippen LogP contribution in [0.25, 0.3) is 33.4 Å². The molecule has 5 rings (SSSR count). The zero-order valence-corrected chi connectivity index (χ0v) is 18.5. The number of aliphatic hydroxyl groups is 1. The summed E-state index contributed by atoms with van der Waals surface area (Å²) in [5, 5.41) is 15.0. The van der Waals surface area contributed by atoms with Crippen molar-refractivity contribution in [3.8, 4) is 22.5 Å². The van der Waals surface area contributed by atoms with Gasteiger partial charge in [-0.3, -0.25) is 4.98 Å². The van der Waals surface area contributed by atoms with Crippen LogP contribution in [-0.2, 0) is 7.05 Å². The minimum atomic E-state index is -0.998. The van der Waals surface area contributed by atoms with Gasteiger partial charge in [0.05, 0.1) is 21.9 Å². The lowest BCUT2D eigenvalue weighted by molar-refractivity contribution is 0.208. The molecule has 2 aromatic carbocycles. The number of anilines is 2. The first-order valence-corrected chi connectivity index (χ1v) is 10.7. The number of fused-ring (bicyclic) bond motifs is 1. The molecule has 0 amide bonds. The first-order valence-electron chi connectivity index (χ1n) is 10.3. The van der Waals surface area contributed by atoms with Gasteiger partial charge in [-0.05, 0) is 24.3 Å². The second kappa shape index (κ2) is 8.54. The number of aromatic nitrogens is 4. The number of nitrogens with two attached hydrogens (primary N) is 1. The molecule has 7 nitrogen and oxygen atoms in total. The Hall–Kier alpha value is -3.94. The lowest BCUT2D eigenvalue weighted by atomic mass is 10.0. The van der Waals surface area contributed by atoms with Gasteiger partial charge in [0.2, 0.25) is 0 Å². The van der Waals surface area contributed by atoms with Gasteiger partial charge in [0.15, 0.2) is 17.9 Å². The van der Waals surface area contributed by atoms with Crippen molar-refractivity contribution < 1.29 is 5.11 Å². The highest BCUT2D eigenvalue weighted by Crippen LogP contribution is 2.36. The molecule has 0 saturated heterocycles. The minimum Gasteiger partial charge on any atom is -0.381 e. The average molecular weight is 457 g/mol. The largest absolute Gasteiger partial charge is 0.381 e. The summed E-state index contributed by atoms with van der Waals surface area (Å²) >= 11 is 6.55. The Kier molecular flexibility index (Phi) is 5.42. The second-order valence-corrected chi connectivity index (χ2v) is 8.12. The summed E-state index contributed by atoms with van der Waals surface area (Å²) in [7, 11) is 1.88. The number of hydrogen-bond donors (Lipinski definition) is 3. The van der Waals surface area contributed by atoms with Crippen molar-refractivity contribution in [3.05, 3.63) is 89.8 Å². The van der Waals surface area contributed by atoms with Crippen molar-refractivity contribution in [2.24, 2.45) is 7.05 Å². The minimum absolute atomic E-state index is 0.182. The number of nitrogens with one attached hydrogen (secondary N) is 1. The normalized spacial score (nSPS) is 12.1. The Morgan fingerprint density at radius 2 is 1.79 bits per heavy atom. The van der Waals surface area contributed by atoms with Crippen molar-refractivity contribution >= 4 is 34.1 Å². The maximum Gasteiger partial charge on any atom is 0.171 e. The van der Waals surface area contributed by atoms with Gasteiger partial charge < -0.3 is 20.7 Å². The molecule has 8 heteroatoms. The van der Waals surface area contributed by atoms with E-state index in [2.05, 4.69) is 15.3 Å². The predicted molar refractivity (Wildman–Crippen MR) is 132 cm³/mol. The number of rotatable bonds is 5. The average Bonchev–Trinajstić information content (AvgIpc) is 3.27. The summed E-state index contributed by atoms with van der Waals surface area (Å²) < 4.78 is 1.85. The van der Waals surface area contributed by atoms with Crippen LogP contribution in [0.15, 0.2) is 79.3 Å². The summed E-state index contributed by atoms with van der Waals surface area (Å²) in [5.74, 6) is 0.463. The van der Waals surface area contributed by atoms with E-state index in [-0.39, 0.29) is 11.6 Å². The number of pyridine rings is 1. The Balaban J connectivity index is 1.66. The zero-order chi connectivity index (χ0) is 22.9. The van der Waals surface area contributed by atoms with Crippen molar-refractivity contribution in [3.63, 3.8) is 0 Å². The molecule has 0 aliphatic rings. The van der Waals surface area contributed by atoms with Crippen LogP contribution in [-0.4, -0.2) is 24.6 Å². The molecule has 0 aliphatic carbocycles. The molecule has 0 saturated carbocycles. The summed E-state index contributed by atoms with van der Waals surface area (Å²) in [5.41, 5.74) is 10.5. The fourth-order valence-electron chi connectivity index (χ4n) is 3.74. The van der Waals surface area contributed by atoms with Crippen LogP contribution >= 0.6 is 11.6 Å². The third kappa shape index (κ3) is 4.11. The molecule has 1 unspecified atom stereocenters. The number of hydrogen-bond acceptors (Lipinski definition) is 6. The maximum absolute atomic E-state index is 10.7. The van der Waals surface area contributed by atoms with E-state index < -0.39 is 6.23 Å². The van der Waals surface area contributed by atoms with Gasteiger partial charge in [-0.25, -0.2) is 9.97 Å². The van der Waals surface area contributed by atoms with E-state index in [1.165, 1.54) is 0 Å². The van der Waals surface area contributed by atoms with Crippen LogP contribution in [0.1, 0.15) is 11.8 Å². The molecular formula is C25H21ClN6O. The number of nitrogen functional groups attached to an aromatic ring is 1. The van der Waals surface area contributed by atoms with Crippen LogP contribution in [0.5, 0.6) is 0 Å². The van der Waals surface area contributed by atoms with Gasteiger partial charge >= 0.3 is 0 Å². The first-order chi connectivity index (χ1) is 16.0. The quantitative estimate of drug-likeness (QED) is 0.320. The maximum atomic E-state index is 10.7. The Morgan fingerprint density at radius 3 is 2.55 bits per heavy atom. The molecule has 33 heavy (non-hydrogen) atoms. The smallest absolute Gasteiger partial charge is 0.171 e. The molecule has 0 aliphatic heterocycles. The molecule has 4 N–H and O–H groups in total. The monoisotopic (exact) mass is 456 g/mol. The van der Waals surface area contributed by atoms with Crippen LogP contribution in [0.3, 0.4) is 0 Å². The SMILES string of the molecule is Cn1ccc(C(O)Nc2nc(-c3cc(Cl)c4ncccc4c3)c(-c3ccccc3)nc2N)c1. The summed E-state index contributed by atoms with van der Waals surface area (Å²) in [6.45, 7) is 0. The molecule has 1 atom stereocenters. The van der Waals surface area contributed by atoms with E-state index in [1.807, 2.05) is 84.7 Å². The highest BCUT2D eigenvalue weighted by atomic mass is 35.5. The number of nitrogens with zero attached hydrogens (tertiary/aromatic N) is 4. The Labute approximate surface area is 195 Å². The Bertz CT molecular complexity index is 1450. The van der Waals surface area contributed by atoms with Gasteiger partial charge in [-0.15, -0.1) is 0 Å². The molecule has 3 heterocycles. The van der Waals surface area contributed by atoms with Gasteiger partial charge in [0, 0.05) is 47.7 Å². The molecule has 0 fully saturated rings. The van der Waals surface area contributed by atoms with Gasteiger partial charge in [-0.2, -0.15) is 0 Å². The van der Waals surface area contributed by atoms with Crippen molar-refractivity contribution in [1.82, 2.24) is 19.5 Å². The third-order valence-corrected chi connectivity index (χ3v) is 5.63. The van der Waals surface area contributed by atoms with E-state index in [1.54, 1.807) is 6.20 Å².